The number of benzene rings is 1. The van der Waals surface area contributed by atoms with E-state index in [2.05, 4.69) is 0 Å². The maximum absolute atomic E-state index is 13.8. The van der Waals surface area contributed by atoms with Gasteiger partial charge in [-0.1, -0.05) is 12.1 Å². The summed E-state index contributed by atoms with van der Waals surface area (Å²) in [6.45, 7) is 1.48. The van der Waals surface area contributed by atoms with Gasteiger partial charge in [0.2, 0.25) is 0 Å². The highest BCUT2D eigenvalue weighted by atomic mass is 19.4. The number of rotatable bonds is 2. The molecule has 94 valence electrons. The van der Waals surface area contributed by atoms with Crippen molar-refractivity contribution in [2.75, 3.05) is 0 Å². The number of hydrogen-bond donors (Lipinski definition) is 1. The zero-order chi connectivity index (χ0) is 12.8. The van der Waals surface area contributed by atoms with Crippen LogP contribution in [0.3, 0.4) is 0 Å². The molecule has 0 aromatic heterocycles. The van der Waals surface area contributed by atoms with Crippen LogP contribution >= 0.6 is 0 Å². The Labute approximate surface area is 96.1 Å². The zero-order valence-electron chi connectivity index (χ0n) is 9.18. The smallest absolute Gasteiger partial charge is 0.392 e. The Morgan fingerprint density at radius 3 is 2.29 bits per heavy atom. The number of halogens is 4. The van der Waals surface area contributed by atoms with Crippen molar-refractivity contribution in [3.8, 4) is 0 Å². The molecule has 1 aromatic rings. The predicted molar refractivity (Wildman–Crippen MR) is 54.0 cm³/mol. The van der Waals surface area contributed by atoms with Gasteiger partial charge in [-0.3, -0.25) is 0 Å². The molecular formula is C12H12F4O. The Bertz CT molecular complexity index is 433. The van der Waals surface area contributed by atoms with E-state index in [1.54, 1.807) is 0 Å². The minimum atomic E-state index is -4.70. The minimum Gasteiger partial charge on any atom is -0.392 e. The van der Waals surface area contributed by atoms with Gasteiger partial charge in [0.25, 0.3) is 0 Å². The number of aliphatic hydroxyl groups excluding tert-OH is 1. The van der Waals surface area contributed by atoms with Crippen LogP contribution in [-0.2, 0) is 11.6 Å². The molecule has 1 N–H and O–H groups in total. The van der Waals surface area contributed by atoms with Gasteiger partial charge >= 0.3 is 6.18 Å². The Balaban J connectivity index is 2.51. The van der Waals surface area contributed by atoms with Crippen LogP contribution in [0.2, 0.25) is 0 Å². The lowest BCUT2D eigenvalue weighted by Crippen LogP contribution is -2.25. The van der Waals surface area contributed by atoms with Crippen LogP contribution < -0.4 is 0 Å². The van der Waals surface area contributed by atoms with E-state index >= 15 is 0 Å². The lowest BCUT2D eigenvalue weighted by Gasteiger charge is -2.21. The maximum atomic E-state index is 13.8. The summed E-state index contributed by atoms with van der Waals surface area (Å²) in [5.74, 6) is -1.25. The Morgan fingerprint density at radius 1 is 1.29 bits per heavy atom. The first-order valence-electron chi connectivity index (χ1n) is 5.33. The third kappa shape index (κ3) is 1.92. The van der Waals surface area contributed by atoms with E-state index in [4.69, 9.17) is 0 Å². The maximum Gasteiger partial charge on any atom is 0.419 e. The van der Waals surface area contributed by atoms with Gasteiger partial charge in [-0.2, -0.15) is 13.2 Å². The van der Waals surface area contributed by atoms with Gasteiger partial charge < -0.3 is 5.11 Å². The van der Waals surface area contributed by atoms with Gasteiger partial charge in [0.15, 0.2) is 0 Å². The molecule has 5 heteroatoms. The van der Waals surface area contributed by atoms with Gasteiger partial charge in [0, 0.05) is 5.41 Å². The second kappa shape index (κ2) is 3.70. The molecule has 0 heterocycles. The minimum absolute atomic E-state index is 0.0256. The largest absolute Gasteiger partial charge is 0.419 e. The summed E-state index contributed by atoms with van der Waals surface area (Å²) in [7, 11) is 0. The SMILES string of the molecule is CC(O)C1(c2cccc(C(F)(F)F)c2F)CC1. The fraction of sp³-hybridized carbons (Fsp3) is 0.500. The highest BCUT2D eigenvalue weighted by Gasteiger charge is 2.51. The molecule has 0 radical (unpaired) electrons. The quantitative estimate of drug-likeness (QED) is 0.796. The normalized spacial score (nSPS) is 20.1. The number of hydrogen-bond acceptors (Lipinski definition) is 1. The summed E-state index contributed by atoms with van der Waals surface area (Å²) < 4.78 is 51.4. The Hall–Kier alpha value is -1.10. The van der Waals surface area contributed by atoms with E-state index in [0.29, 0.717) is 12.8 Å². The summed E-state index contributed by atoms with van der Waals surface area (Å²) in [6, 6.07) is 3.23. The molecule has 0 saturated heterocycles. The molecule has 1 unspecified atom stereocenters. The van der Waals surface area contributed by atoms with Gasteiger partial charge in [0.1, 0.15) is 5.82 Å². The van der Waals surface area contributed by atoms with Crippen molar-refractivity contribution in [3.63, 3.8) is 0 Å². The van der Waals surface area contributed by atoms with Crippen LogP contribution in [0, 0.1) is 5.82 Å². The molecule has 0 amide bonds. The molecule has 0 bridgehead atoms. The van der Waals surface area contributed by atoms with Crippen LogP contribution in [0.4, 0.5) is 17.6 Å². The third-order valence-corrected chi connectivity index (χ3v) is 3.43. The van der Waals surface area contributed by atoms with Crippen molar-refractivity contribution in [2.24, 2.45) is 0 Å². The molecule has 1 aromatic carbocycles. The standard InChI is InChI=1S/C12H12F4O/c1-7(17)11(5-6-11)8-3-2-4-9(10(8)13)12(14,15)16/h2-4,7,17H,5-6H2,1H3. The molecular weight excluding hydrogens is 236 g/mol. The lowest BCUT2D eigenvalue weighted by molar-refractivity contribution is -0.140. The van der Waals surface area contributed by atoms with Crippen molar-refractivity contribution in [1.29, 1.82) is 0 Å². The number of aliphatic hydroxyl groups is 1. The molecule has 17 heavy (non-hydrogen) atoms. The fourth-order valence-corrected chi connectivity index (χ4v) is 2.18. The molecule has 1 saturated carbocycles. The molecule has 1 aliphatic rings. The average Bonchev–Trinajstić information content (AvgIpc) is 2.97. The van der Waals surface area contributed by atoms with Crippen LogP contribution in [-0.4, -0.2) is 11.2 Å². The van der Waals surface area contributed by atoms with E-state index in [1.807, 2.05) is 0 Å². The molecule has 0 spiro atoms. The van der Waals surface area contributed by atoms with E-state index in [0.717, 1.165) is 6.07 Å². The van der Waals surface area contributed by atoms with Gasteiger partial charge in [-0.05, 0) is 31.4 Å². The van der Waals surface area contributed by atoms with Crippen LogP contribution in [0.5, 0.6) is 0 Å². The monoisotopic (exact) mass is 248 g/mol. The summed E-state index contributed by atoms with van der Waals surface area (Å²) in [5, 5.41) is 9.57. The van der Waals surface area contributed by atoms with Crippen LogP contribution in [0.25, 0.3) is 0 Å². The Kier molecular flexibility index (Phi) is 2.69. The fourth-order valence-electron chi connectivity index (χ4n) is 2.18. The Morgan fingerprint density at radius 2 is 1.88 bits per heavy atom. The first kappa shape index (κ1) is 12.4. The van der Waals surface area contributed by atoms with E-state index in [9.17, 15) is 22.7 Å². The van der Waals surface area contributed by atoms with Gasteiger partial charge in [-0.15, -0.1) is 0 Å². The topological polar surface area (TPSA) is 20.2 Å². The van der Waals surface area contributed by atoms with Crippen molar-refractivity contribution in [3.05, 3.63) is 35.1 Å². The van der Waals surface area contributed by atoms with Crippen molar-refractivity contribution in [1.82, 2.24) is 0 Å². The molecule has 2 rings (SSSR count). The summed E-state index contributed by atoms with van der Waals surface area (Å²) in [6.07, 6.45) is -4.51. The number of alkyl halides is 3. The zero-order valence-corrected chi connectivity index (χ0v) is 9.18. The van der Waals surface area contributed by atoms with Crippen molar-refractivity contribution < 1.29 is 22.7 Å². The molecule has 0 aliphatic heterocycles. The van der Waals surface area contributed by atoms with E-state index in [1.165, 1.54) is 19.1 Å². The molecule has 1 nitrogen and oxygen atoms in total. The van der Waals surface area contributed by atoms with E-state index in [-0.39, 0.29) is 5.56 Å². The first-order valence-corrected chi connectivity index (χ1v) is 5.33. The summed E-state index contributed by atoms with van der Waals surface area (Å²) in [5.41, 5.74) is -2.12. The highest BCUT2D eigenvalue weighted by Crippen LogP contribution is 2.52. The second-order valence-corrected chi connectivity index (χ2v) is 4.50. The second-order valence-electron chi connectivity index (χ2n) is 4.50. The van der Waals surface area contributed by atoms with Crippen LogP contribution in [0.15, 0.2) is 18.2 Å². The highest BCUT2D eigenvalue weighted by molar-refractivity contribution is 5.38. The molecule has 1 atom stereocenters. The molecule has 1 fully saturated rings. The first-order chi connectivity index (χ1) is 7.79. The predicted octanol–water partition coefficient (Wildman–Crippen LogP) is 3.26. The average molecular weight is 248 g/mol. The third-order valence-electron chi connectivity index (χ3n) is 3.43. The summed E-state index contributed by atoms with van der Waals surface area (Å²) in [4.78, 5) is 0. The van der Waals surface area contributed by atoms with Gasteiger partial charge in [0.05, 0.1) is 11.7 Å². The van der Waals surface area contributed by atoms with Crippen LogP contribution in [0.1, 0.15) is 30.9 Å². The van der Waals surface area contributed by atoms with Gasteiger partial charge in [-0.25, -0.2) is 4.39 Å². The molecule has 1 aliphatic carbocycles. The lowest BCUT2D eigenvalue weighted by atomic mass is 9.89. The summed E-state index contributed by atoms with van der Waals surface area (Å²) >= 11 is 0. The van der Waals surface area contributed by atoms with E-state index < -0.39 is 29.1 Å². The van der Waals surface area contributed by atoms with Crippen molar-refractivity contribution >= 4 is 0 Å². The van der Waals surface area contributed by atoms with Crippen molar-refractivity contribution in [2.45, 2.75) is 37.5 Å².